The molecule has 2 aromatic rings. The number of methoxy groups -OCH3 is 1. The molecule has 2 heterocycles. The lowest BCUT2D eigenvalue weighted by Crippen LogP contribution is -2.61. The predicted molar refractivity (Wildman–Crippen MR) is 134 cm³/mol. The zero-order valence-corrected chi connectivity index (χ0v) is 20.8. The lowest BCUT2D eigenvalue weighted by molar-refractivity contribution is -0.130. The van der Waals surface area contributed by atoms with E-state index in [9.17, 15) is 14.4 Å². The van der Waals surface area contributed by atoms with E-state index < -0.39 is 5.54 Å². The van der Waals surface area contributed by atoms with E-state index in [1.807, 2.05) is 60.4 Å². The highest BCUT2D eigenvalue weighted by molar-refractivity contribution is 5.93. The highest BCUT2D eigenvalue weighted by Gasteiger charge is 2.56. The van der Waals surface area contributed by atoms with Gasteiger partial charge in [0.2, 0.25) is 17.7 Å². The van der Waals surface area contributed by atoms with E-state index in [1.165, 1.54) is 6.92 Å². The average Bonchev–Trinajstić information content (AvgIpc) is 3.15. The smallest absolute Gasteiger partial charge is 0.238 e. The fourth-order valence-electron chi connectivity index (χ4n) is 5.62. The average molecular weight is 479 g/mol. The fourth-order valence-corrected chi connectivity index (χ4v) is 5.62. The summed E-state index contributed by atoms with van der Waals surface area (Å²) in [5.41, 5.74) is 2.21. The summed E-state index contributed by atoms with van der Waals surface area (Å²) in [5, 5.41) is 6.21. The van der Waals surface area contributed by atoms with Crippen molar-refractivity contribution in [3.63, 3.8) is 0 Å². The summed E-state index contributed by atoms with van der Waals surface area (Å²) in [6.45, 7) is 6.98. The van der Waals surface area contributed by atoms with Gasteiger partial charge in [-0.15, -0.1) is 0 Å². The van der Waals surface area contributed by atoms with Crippen molar-refractivity contribution in [2.75, 3.05) is 38.6 Å². The molecule has 2 saturated heterocycles. The molecule has 2 aliphatic heterocycles. The van der Waals surface area contributed by atoms with Gasteiger partial charge in [0.15, 0.2) is 0 Å². The van der Waals surface area contributed by atoms with E-state index >= 15 is 0 Å². The van der Waals surface area contributed by atoms with E-state index in [4.69, 9.17) is 4.74 Å². The van der Waals surface area contributed by atoms with Crippen molar-refractivity contribution in [3.05, 3.63) is 59.7 Å². The van der Waals surface area contributed by atoms with Crippen molar-refractivity contribution in [3.8, 4) is 5.75 Å². The van der Waals surface area contributed by atoms with Crippen molar-refractivity contribution in [2.45, 2.75) is 38.8 Å². The summed E-state index contributed by atoms with van der Waals surface area (Å²) in [5.74, 6) is 0.413. The van der Waals surface area contributed by atoms with Gasteiger partial charge < -0.3 is 20.3 Å². The van der Waals surface area contributed by atoms with Crippen molar-refractivity contribution in [2.24, 2.45) is 5.92 Å². The van der Waals surface area contributed by atoms with Crippen molar-refractivity contribution in [1.29, 1.82) is 0 Å². The topological polar surface area (TPSA) is 91.0 Å². The summed E-state index contributed by atoms with van der Waals surface area (Å²) in [6, 6.07) is 15.4. The summed E-state index contributed by atoms with van der Waals surface area (Å²) in [6.07, 6.45) is 0.663. The zero-order valence-electron chi connectivity index (χ0n) is 20.8. The van der Waals surface area contributed by atoms with Crippen LogP contribution >= 0.6 is 0 Å². The molecule has 186 valence electrons. The first-order valence-electron chi connectivity index (χ1n) is 12.0. The number of ether oxygens (including phenoxy) is 1. The molecular weight excluding hydrogens is 444 g/mol. The van der Waals surface area contributed by atoms with Gasteiger partial charge >= 0.3 is 0 Å². The molecule has 2 aromatic carbocycles. The van der Waals surface area contributed by atoms with Gasteiger partial charge in [-0.2, -0.15) is 0 Å². The number of carbonyl (C=O) groups excluding carboxylic acids is 3. The van der Waals surface area contributed by atoms with Gasteiger partial charge in [-0.25, -0.2) is 0 Å². The van der Waals surface area contributed by atoms with Crippen molar-refractivity contribution >= 4 is 23.4 Å². The number of nitrogens with one attached hydrogen (secondary N) is 2. The Kier molecular flexibility index (Phi) is 7.12. The molecule has 2 fully saturated rings. The Morgan fingerprint density at radius 2 is 1.86 bits per heavy atom. The summed E-state index contributed by atoms with van der Waals surface area (Å²) >= 11 is 0. The highest BCUT2D eigenvalue weighted by atomic mass is 16.5. The van der Waals surface area contributed by atoms with Gasteiger partial charge in [-0.1, -0.05) is 36.4 Å². The van der Waals surface area contributed by atoms with E-state index in [0.29, 0.717) is 31.8 Å². The van der Waals surface area contributed by atoms with Crippen LogP contribution < -0.4 is 15.4 Å². The zero-order chi connectivity index (χ0) is 25.2. The fraction of sp³-hybridized carbons (Fsp3) is 0.444. The molecule has 2 N–H and O–H groups in total. The quantitative estimate of drug-likeness (QED) is 0.666. The molecule has 0 radical (unpaired) electrons. The van der Waals surface area contributed by atoms with Crippen LogP contribution in [0.5, 0.6) is 5.75 Å². The lowest BCUT2D eigenvalue weighted by Gasteiger charge is -2.44. The van der Waals surface area contributed by atoms with Crippen LogP contribution in [0.3, 0.4) is 0 Å². The van der Waals surface area contributed by atoms with Gasteiger partial charge in [0, 0.05) is 51.2 Å². The van der Waals surface area contributed by atoms with Gasteiger partial charge in [0.1, 0.15) is 5.75 Å². The number of hydrogen-bond donors (Lipinski definition) is 2. The van der Waals surface area contributed by atoms with E-state index in [0.717, 1.165) is 16.8 Å². The van der Waals surface area contributed by atoms with Gasteiger partial charge in [-0.3, -0.25) is 19.3 Å². The number of benzene rings is 2. The normalized spacial score (nSPS) is 23.9. The van der Waals surface area contributed by atoms with E-state index in [2.05, 4.69) is 15.5 Å². The largest absolute Gasteiger partial charge is 0.497 e. The van der Waals surface area contributed by atoms with Crippen LogP contribution in [0.15, 0.2) is 48.5 Å². The second-order valence-corrected chi connectivity index (χ2v) is 9.66. The van der Waals surface area contributed by atoms with Crippen LogP contribution in [-0.2, 0) is 14.4 Å². The molecule has 3 amide bonds. The maximum absolute atomic E-state index is 13.0. The molecule has 35 heavy (non-hydrogen) atoms. The summed E-state index contributed by atoms with van der Waals surface area (Å²) in [7, 11) is 1.60. The van der Waals surface area contributed by atoms with Crippen LogP contribution in [0.4, 0.5) is 5.69 Å². The maximum Gasteiger partial charge on any atom is 0.238 e. The number of nitrogens with zero attached hydrogens (tertiary/aromatic N) is 2. The number of piperidine rings is 1. The monoisotopic (exact) mass is 478 g/mol. The molecule has 0 bridgehead atoms. The van der Waals surface area contributed by atoms with Crippen LogP contribution in [-0.4, -0.2) is 66.3 Å². The van der Waals surface area contributed by atoms with Crippen molar-refractivity contribution in [1.82, 2.24) is 15.1 Å². The van der Waals surface area contributed by atoms with Gasteiger partial charge in [-0.05, 0) is 30.5 Å². The number of carbonyl (C=O) groups is 3. The molecule has 0 aliphatic carbocycles. The minimum atomic E-state index is -0.519. The van der Waals surface area contributed by atoms with Gasteiger partial charge in [0.25, 0.3) is 0 Å². The number of anilines is 1. The molecule has 3 atom stereocenters. The number of hydrogen-bond acceptors (Lipinski definition) is 5. The number of likely N-dealkylation sites (tertiary alicyclic amines) is 2. The van der Waals surface area contributed by atoms with Gasteiger partial charge in [0.05, 0.1) is 25.2 Å². The standard InChI is InChI=1S/C27H34N4O4/c1-18-10-11-22(35-4)14-24(18)28-25(34)16-30-13-12-27(29-19(2)32)17-31(20(3)33)26(23(27)15-30)21-8-6-5-7-9-21/h5-11,14,23,26H,12-13,15-17H2,1-4H3,(H,28,34)(H,29,32)/t23-,26-,27-/m1/s1. The summed E-state index contributed by atoms with van der Waals surface area (Å²) < 4.78 is 5.29. The minimum Gasteiger partial charge on any atom is -0.497 e. The first kappa shape index (κ1) is 24.7. The molecule has 0 aromatic heterocycles. The third-order valence-corrected chi connectivity index (χ3v) is 7.26. The highest BCUT2D eigenvalue weighted by Crippen LogP contribution is 2.47. The number of aryl methyl sites for hydroxylation is 1. The molecule has 8 nitrogen and oxygen atoms in total. The maximum atomic E-state index is 13.0. The Balaban J connectivity index is 1.56. The Labute approximate surface area is 206 Å². The van der Waals surface area contributed by atoms with Crippen LogP contribution in [0.25, 0.3) is 0 Å². The molecule has 4 rings (SSSR count). The Hall–Kier alpha value is -3.39. The molecule has 0 spiro atoms. The molecular formula is C27H34N4O4. The van der Waals surface area contributed by atoms with Crippen LogP contribution in [0, 0.1) is 12.8 Å². The van der Waals surface area contributed by atoms with Crippen LogP contribution in [0.1, 0.15) is 37.4 Å². The third kappa shape index (κ3) is 5.17. The van der Waals surface area contributed by atoms with Crippen molar-refractivity contribution < 1.29 is 19.1 Å². The van der Waals surface area contributed by atoms with Crippen LogP contribution in [0.2, 0.25) is 0 Å². The van der Waals surface area contributed by atoms with E-state index in [1.54, 1.807) is 14.0 Å². The third-order valence-electron chi connectivity index (χ3n) is 7.26. The minimum absolute atomic E-state index is 0.0178. The molecule has 0 saturated carbocycles. The summed E-state index contributed by atoms with van der Waals surface area (Å²) in [4.78, 5) is 41.9. The molecule has 2 aliphatic rings. The number of fused-ring (bicyclic) bond motifs is 1. The Bertz CT molecular complexity index is 1110. The van der Waals surface area contributed by atoms with E-state index in [-0.39, 0.29) is 36.2 Å². The second kappa shape index (κ2) is 10.1. The second-order valence-electron chi connectivity index (χ2n) is 9.66. The lowest BCUT2D eigenvalue weighted by atomic mass is 9.75. The molecule has 0 unspecified atom stereocenters. The Morgan fingerprint density at radius 1 is 1.11 bits per heavy atom. The first-order chi connectivity index (χ1) is 16.7. The number of amides is 3. The predicted octanol–water partition coefficient (Wildman–Crippen LogP) is 2.74. The number of rotatable bonds is 6. The SMILES string of the molecule is COc1ccc(C)c(NC(=O)CN2CC[C@@]3(NC(C)=O)CN(C(C)=O)[C@H](c4ccccc4)[C@H]3C2)c1. The Morgan fingerprint density at radius 3 is 2.51 bits per heavy atom. The first-order valence-corrected chi connectivity index (χ1v) is 12.0. The molecule has 8 heteroatoms.